The van der Waals surface area contributed by atoms with Crippen LogP contribution in [0.25, 0.3) is 0 Å². The molecule has 1 fully saturated rings. The molecule has 3 atom stereocenters. The number of aliphatic hydroxyl groups excluding tert-OH is 1. The highest BCUT2D eigenvalue weighted by molar-refractivity contribution is 6.76. The average molecular weight is 503 g/mol. The Hall–Kier alpha value is 0.220. The predicted molar refractivity (Wildman–Crippen MR) is 129 cm³/mol. The Balaban J connectivity index is 2.29. The molecule has 184 valence electrons. The molecule has 0 aromatic heterocycles. The first-order valence-corrected chi connectivity index (χ1v) is 13.1. The van der Waals surface area contributed by atoms with Gasteiger partial charge < -0.3 is 19.9 Å². The number of hydrogen-bond acceptors (Lipinski definition) is 4. The molecule has 31 heavy (non-hydrogen) atoms. The van der Waals surface area contributed by atoms with Gasteiger partial charge in [0.2, 0.25) is 0 Å². The molecule has 0 radical (unpaired) electrons. The summed E-state index contributed by atoms with van der Waals surface area (Å²) >= 11 is 16.9. The van der Waals surface area contributed by atoms with E-state index >= 15 is 0 Å². The summed E-state index contributed by atoms with van der Waals surface area (Å²) in [6.07, 6.45) is 15.5. The van der Waals surface area contributed by atoms with E-state index in [0.29, 0.717) is 0 Å². The highest BCUT2D eigenvalue weighted by Crippen LogP contribution is 2.33. The number of rotatable bonds is 16. The topological polar surface area (TPSA) is 67.8 Å². The molecule has 1 amide bonds. The fraction of sp³-hybridized carbons (Fsp3) is 0.957. The second-order valence-electron chi connectivity index (χ2n) is 9.08. The van der Waals surface area contributed by atoms with Crippen molar-refractivity contribution in [3.05, 3.63) is 0 Å². The molecule has 1 rings (SSSR count). The number of halogens is 3. The van der Waals surface area contributed by atoms with Crippen molar-refractivity contribution in [2.24, 2.45) is 0 Å². The Morgan fingerprint density at radius 2 is 1.42 bits per heavy atom. The van der Waals surface area contributed by atoms with Crippen molar-refractivity contribution < 1.29 is 19.4 Å². The monoisotopic (exact) mass is 501 g/mol. The highest BCUT2D eigenvalue weighted by Gasteiger charge is 2.46. The SMILES string of the molecule is CCCCCCCCCCCCCC[C@H]1OC(C)(C)O[C@H]1[C@@H](CO)NC(=O)C(Cl)(Cl)Cl. The van der Waals surface area contributed by atoms with E-state index in [1.54, 1.807) is 0 Å². The summed E-state index contributed by atoms with van der Waals surface area (Å²) in [7, 11) is 0. The summed E-state index contributed by atoms with van der Waals surface area (Å²) in [6, 6.07) is -0.702. The third-order valence-electron chi connectivity index (χ3n) is 5.73. The molecule has 1 aliphatic heterocycles. The van der Waals surface area contributed by atoms with Gasteiger partial charge in [0.1, 0.15) is 6.10 Å². The Labute approximate surface area is 203 Å². The van der Waals surface area contributed by atoms with Gasteiger partial charge >= 0.3 is 0 Å². The summed E-state index contributed by atoms with van der Waals surface area (Å²) in [5.41, 5.74) is 0. The van der Waals surface area contributed by atoms with Gasteiger partial charge in [-0.25, -0.2) is 0 Å². The van der Waals surface area contributed by atoms with Gasteiger partial charge in [-0.15, -0.1) is 0 Å². The number of hydrogen-bond donors (Lipinski definition) is 2. The molecule has 1 saturated heterocycles. The van der Waals surface area contributed by atoms with E-state index in [1.165, 1.54) is 64.2 Å². The van der Waals surface area contributed by atoms with Crippen LogP contribution < -0.4 is 5.32 Å². The van der Waals surface area contributed by atoms with E-state index in [2.05, 4.69) is 12.2 Å². The van der Waals surface area contributed by atoms with Gasteiger partial charge in [0.15, 0.2) is 5.79 Å². The average Bonchev–Trinajstić information content (AvgIpc) is 3.00. The molecule has 0 aliphatic carbocycles. The first kappa shape index (κ1) is 29.3. The summed E-state index contributed by atoms with van der Waals surface area (Å²) in [5.74, 6) is -1.57. The largest absolute Gasteiger partial charge is 0.394 e. The van der Waals surface area contributed by atoms with E-state index in [-0.39, 0.29) is 12.7 Å². The summed E-state index contributed by atoms with van der Waals surface area (Å²) < 4.78 is 9.90. The molecule has 0 saturated carbocycles. The van der Waals surface area contributed by atoms with Crippen LogP contribution in [-0.4, -0.2) is 45.5 Å². The van der Waals surface area contributed by atoms with Gasteiger partial charge in [-0.05, 0) is 20.3 Å². The van der Waals surface area contributed by atoms with Crippen molar-refractivity contribution in [2.75, 3.05) is 6.61 Å². The molecule has 5 nitrogen and oxygen atoms in total. The van der Waals surface area contributed by atoms with Crippen LogP contribution >= 0.6 is 34.8 Å². The van der Waals surface area contributed by atoms with Crippen LogP contribution in [0.5, 0.6) is 0 Å². The maximum Gasteiger partial charge on any atom is 0.272 e. The molecule has 0 unspecified atom stereocenters. The Morgan fingerprint density at radius 1 is 0.935 bits per heavy atom. The quantitative estimate of drug-likeness (QED) is 0.188. The number of ether oxygens (including phenoxy) is 2. The summed E-state index contributed by atoms with van der Waals surface area (Å²) in [6.45, 7) is 5.58. The van der Waals surface area contributed by atoms with E-state index in [9.17, 15) is 9.90 Å². The summed E-state index contributed by atoms with van der Waals surface area (Å²) in [5, 5.41) is 12.4. The van der Waals surface area contributed by atoms with Crippen molar-refractivity contribution in [3.63, 3.8) is 0 Å². The molecular weight excluding hydrogens is 461 g/mol. The maximum absolute atomic E-state index is 12.0. The Bertz CT molecular complexity index is 500. The van der Waals surface area contributed by atoms with Crippen LogP contribution in [0.15, 0.2) is 0 Å². The first-order chi connectivity index (χ1) is 14.6. The van der Waals surface area contributed by atoms with Gasteiger partial charge in [0, 0.05) is 0 Å². The van der Waals surface area contributed by atoms with Crippen LogP contribution in [0, 0.1) is 0 Å². The minimum absolute atomic E-state index is 0.231. The lowest BCUT2D eigenvalue weighted by Crippen LogP contribution is -2.52. The number of aliphatic hydroxyl groups is 1. The molecule has 8 heteroatoms. The van der Waals surface area contributed by atoms with Crippen LogP contribution in [0.4, 0.5) is 0 Å². The van der Waals surface area contributed by atoms with Crippen LogP contribution in [-0.2, 0) is 14.3 Å². The second-order valence-corrected chi connectivity index (χ2v) is 11.4. The normalized spacial score (nSPS) is 21.9. The molecule has 1 aliphatic rings. The zero-order chi connectivity index (χ0) is 23.3. The second kappa shape index (κ2) is 15.2. The van der Waals surface area contributed by atoms with Crippen molar-refractivity contribution in [3.8, 4) is 0 Å². The standard InChI is InChI=1S/C23H42Cl3NO4/c1-4-5-6-7-8-9-10-11-12-13-14-15-16-19-20(31-22(2,3)30-19)18(17-28)27-21(29)23(24,25)26/h18-20,28H,4-17H2,1-3H3,(H,27,29)/t18-,19-,20+/m1/s1. The zero-order valence-corrected chi connectivity index (χ0v) is 21.7. The lowest BCUT2D eigenvalue weighted by atomic mass is 9.99. The van der Waals surface area contributed by atoms with E-state index < -0.39 is 27.6 Å². The fourth-order valence-electron chi connectivity index (χ4n) is 4.10. The number of carbonyl (C=O) groups excluding carboxylic acids is 1. The predicted octanol–water partition coefficient (Wildman–Crippen LogP) is 6.45. The lowest BCUT2D eigenvalue weighted by Gasteiger charge is -2.27. The van der Waals surface area contributed by atoms with E-state index in [0.717, 1.165) is 19.3 Å². The highest BCUT2D eigenvalue weighted by atomic mass is 35.6. The zero-order valence-electron chi connectivity index (χ0n) is 19.4. The number of alkyl halides is 3. The first-order valence-electron chi connectivity index (χ1n) is 11.9. The van der Waals surface area contributed by atoms with Crippen LogP contribution in [0.2, 0.25) is 0 Å². The fourth-order valence-corrected chi connectivity index (χ4v) is 4.26. The van der Waals surface area contributed by atoms with Gasteiger partial charge in [0.05, 0.1) is 18.8 Å². The van der Waals surface area contributed by atoms with Crippen molar-refractivity contribution in [1.29, 1.82) is 0 Å². The minimum Gasteiger partial charge on any atom is -0.394 e. The number of carbonyl (C=O) groups is 1. The van der Waals surface area contributed by atoms with Gasteiger partial charge in [-0.1, -0.05) is 119 Å². The molecule has 0 aromatic rings. The number of amides is 1. The van der Waals surface area contributed by atoms with E-state index in [4.69, 9.17) is 44.3 Å². The Morgan fingerprint density at radius 3 is 1.87 bits per heavy atom. The lowest BCUT2D eigenvalue weighted by molar-refractivity contribution is -0.151. The van der Waals surface area contributed by atoms with Crippen molar-refractivity contribution in [2.45, 2.75) is 132 Å². The molecule has 0 spiro atoms. The third-order valence-corrected chi connectivity index (χ3v) is 6.25. The third kappa shape index (κ3) is 12.3. The molecule has 2 N–H and O–H groups in total. The minimum atomic E-state index is -2.09. The maximum atomic E-state index is 12.0. The number of unbranched alkanes of at least 4 members (excludes halogenated alkanes) is 11. The van der Waals surface area contributed by atoms with Crippen molar-refractivity contribution >= 4 is 40.7 Å². The van der Waals surface area contributed by atoms with Crippen LogP contribution in [0.1, 0.15) is 104 Å². The van der Waals surface area contributed by atoms with E-state index in [1.807, 2.05) is 13.8 Å². The van der Waals surface area contributed by atoms with Crippen LogP contribution in [0.3, 0.4) is 0 Å². The van der Waals surface area contributed by atoms with Gasteiger partial charge in [-0.2, -0.15) is 0 Å². The molecule has 0 bridgehead atoms. The summed E-state index contributed by atoms with van der Waals surface area (Å²) in [4.78, 5) is 12.0. The Kier molecular flexibility index (Phi) is 14.3. The smallest absolute Gasteiger partial charge is 0.272 e. The van der Waals surface area contributed by atoms with Gasteiger partial charge in [0.25, 0.3) is 9.70 Å². The number of nitrogens with one attached hydrogen (secondary N) is 1. The van der Waals surface area contributed by atoms with Gasteiger partial charge in [-0.3, -0.25) is 4.79 Å². The molecular formula is C23H42Cl3NO4. The molecule has 1 heterocycles. The van der Waals surface area contributed by atoms with Crippen molar-refractivity contribution in [1.82, 2.24) is 5.32 Å². The molecule has 0 aromatic carbocycles.